The van der Waals surface area contributed by atoms with Crippen molar-refractivity contribution in [3.05, 3.63) is 96.1 Å². The molecule has 1 N–H and O–H groups in total. The summed E-state index contributed by atoms with van der Waals surface area (Å²) in [4.78, 5) is 14.6. The van der Waals surface area contributed by atoms with Gasteiger partial charge < -0.3 is 10.2 Å². The van der Waals surface area contributed by atoms with Crippen LogP contribution in [0.3, 0.4) is 0 Å². The van der Waals surface area contributed by atoms with Gasteiger partial charge in [-0.2, -0.15) is 0 Å². The molecular weight excluding hydrogens is 320 g/mol. The van der Waals surface area contributed by atoms with Crippen molar-refractivity contribution in [2.24, 2.45) is 0 Å². The molecule has 0 spiro atoms. The molecule has 0 saturated carbocycles. The molecule has 0 heterocycles. The molecular formula is C23H24N2O. The van der Waals surface area contributed by atoms with Crippen molar-refractivity contribution in [1.29, 1.82) is 0 Å². The topological polar surface area (TPSA) is 32.3 Å². The van der Waals surface area contributed by atoms with Gasteiger partial charge in [0.05, 0.1) is 6.04 Å². The molecule has 0 aliphatic carbocycles. The van der Waals surface area contributed by atoms with Gasteiger partial charge in [-0.1, -0.05) is 72.8 Å². The minimum atomic E-state index is -0.0487. The van der Waals surface area contributed by atoms with Crippen LogP contribution < -0.4 is 5.32 Å². The average molecular weight is 344 g/mol. The summed E-state index contributed by atoms with van der Waals surface area (Å²) in [6.45, 7) is 0.566. The number of likely N-dealkylation sites (N-methyl/N-ethyl adjacent to an activating group) is 1. The molecule has 0 aliphatic rings. The Bertz CT molecular complexity index is 827. The van der Waals surface area contributed by atoms with E-state index in [1.54, 1.807) is 0 Å². The van der Waals surface area contributed by atoms with Crippen LogP contribution in [0, 0.1) is 0 Å². The predicted molar refractivity (Wildman–Crippen MR) is 107 cm³/mol. The highest BCUT2D eigenvalue weighted by atomic mass is 16.1. The van der Waals surface area contributed by atoms with Crippen molar-refractivity contribution in [3.63, 3.8) is 0 Å². The van der Waals surface area contributed by atoms with Crippen LogP contribution in [0.4, 0.5) is 0 Å². The summed E-state index contributed by atoms with van der Waals surface area (Å²) in [6, 6.07) is 28.3. The van der Waals surface area contributed by atoms with E-state index in [1.807, 2.05) is 74.8 Å². The normalized spacial score (nSPS) is 12.0. The van der Waals surface area contributed by atoms with Crippen LogP contribution in [0.15, 0.2) is 84.9 Å². The van der Waals surface area contributed by atoms with Gasteiger partial charge in [0, 0.05) is 12.1 Å². The van der Waals surface area contributed by atoms with Crippen molar-refractivity contribution >= 4 is 5.91 Å². The number of amides is 1. The van der Waals surface area contributed by atoms with Crippen molar-refractivity contribution in [3.8, 4) is 11.1 Å². The zero-order valence-electron chi connectivity index (χ0n) is 15.2. The molecule has 1 atom stereocenters. The van der Waals surface area contributed by atoms with Gasteiger partial charge in [-0.15, -0.1) is 0 Å². The molecule has 26 heavy (non-hydrogen) atoms. The largest absolute Gasteiger partial charge is 0.350 e. The number of hydrogen-bond donors (Lipinski definition) is 1. The Kier molecular flexibility index (Phi) is 5.82. The second kappa shape index (κ2) is 8.45. The van der Waals surface area contributed by atoms with E-state index in [0.717, 1.165) is 11.1 Å². The second-order valence-corrected chi connectivity index (χ2v) is 6.54. The maximum absolute atomic E-state index is 12.5. The summed E-state index contributed by atoms with van der Waals surface area (Å²) in [7, 11) is 4.05. The minimum Gasteiger partial charge on any atom is -0.350 e. The molecule has 1 amide bonds. The molecule has 0 unspecified atom stereocenters. The molecule has 3 heteroatoms. The summed E-state index contributed by atoms with van der Waals surface area (Å²) in [5.41, 5.74) is 4.13. The molecule has 0 aliphatic heterocycles. The van der Waals surface area contributed by atoms with Gasteiger partial charge in [0.1, 0.15) is 0 Å². The van der Waals surface area contributed by atoms with E-state index in [2.05, 4.69) is 34.5 Å². The fraction of sp³-hybridized carbons (Fsp3) is 0.174. The summed E-state index contributed by atoms with van der Waals surface area (Å²) in [6.07, 6.45) is 0. The first kappa shape index (κ1) is 17.9. The highest BCUT2D eigenvalue weighted by Crippen LogP contribution is 2.20. The third-order valence-electron chi connectivity index (χ3n) is 4.52. The number of rotatable bonds is 6. The van der Waals surface area contributed by atoms with Crippen molar-refractivity contribution < 1.29 is 4.79 Å². The lowest BCUT2D eigenvalue weighted by atomic mass is 10.0. The standard InChI is InChI=1S/C23H24N2O/c1-25(2)22(20-11-7-4-8-12-20)17-24-23(26)21-15-13-19(14-16-21)18-9-5-3-6-10-18/h3-16,22H,17H2,1-2H3,(H,24,26)/t22-/m1/s1. The Labute approximate surface area is 155 Å². The fourth-order valence-corrected chi connectivity index (χ4v) is 3.01. The van der Waals surface area contributed by atoms with E-state index in [0.29, 0.717) is 12.1 Å². The lowest BCUT2D eigenvalue weighted by molar-refractivity contribution is 0.0942. The van der Waals surface area contributed by atoms with Gasteiger partial charge in [0.25, 0.3) is 5.91 Å². The summed E-state index contributed by atoms with van der Waals surface area (Å²) < 4.78 is 0. The summed E-state index contributed by atoms with van der Waals surface area (Å²) >= 11 is 0. The van der Waals surface area contributed by atoms with Crippen molar-refractivity contribution in [2.45, 2.75) is 6.04 Å². The zero-order valence-corrected chi connectivity index (χ0v) is 15.2. The number of benzene rings is 3. The van der Waals surface area contributed by atoms with Crippen molar-refractivity contribution in [1.82, 2.24) is 10.2 Å². The van der Waals surface area contributed by atoms with Crippen LogP contribution in [-0.2, 0) is 0 Å². The second-order valence-electron chi connectivity index (χ2n) is 6.54. The van der Waals surface area contributed by atoms with Gasteiger partial charge in [-0.05, 0) is 42.9 Å². The highest BCUT2D eigenvalue weighted by molar-refractivity contribution is 5.94. The number of nitrogens with zero attached hydrogens (tertiary/aromatic N) is 1. The molecule has 0 saturated heterocycles. The minimum absolute atomic E-state index is 0.0487. The van der Waals surface area contributed by atoms with Gasteiger partial charge in [0.15, 0.2) is 0 Å². The molecule has 3 rings (SSSR count). The van der Waals surface area contributed by atoms with Gasteiger partial charge >= 0.3 is 0 Å². The molecule has 3 nitrogen and oxygen atoms in total. The van der Waals surface area contributed by atoms with Crippen LogP contribution >= 0.6 is 0 Å². The van der Waals surface area contributed by atoms with Gasteiger partial charge in [-0.3, -0.25) is 4.79 Å². The van der Waals surface area contributed by atoms with Crippen molar-refractivity contribution in [2.75, 3.05) is 20.6 Å². The number of carbonyl (C=O) groups is 1. The Morgan fingerprint density at radius 1 is 0.808 bits per heavy atom. The first-order valence-electron chi connectivity index (χ1n) is 8.80. The first-order chi connectivity index (χ1) is 12.6. The van der Waals surface area contributed by atoms with Crippen LogP contribution in [0.5, 0.6) is 0 Å². The molecule has 3 aromatic carbocycles. The van der Waals surface area contributed by atoms with E-state index >= 15 is 0 Å². The number of hydrogen-bond acceptors (Lipinski definition) is 2. The Balaban J connectivity index is 1.66. The fourth-order valence-electron chi connectivity index (χ4n) is 3.01. The number of nitrogens with one attached hydrogen (secondary N) is 1. The molecule has 0 bridgehead atoms. The Morgan fingerprint density at radius 2 is 1.35 bits per heavy atom. The van der Waals surface area contributed by atoms with E-state index in [4.69, 9.17) is 0 Å². The average Bonchev–Trinajstić information content (AvgIpc) is 2.69. The summed E-state index contributed by atoms with van der Waals surface area (Å²) in [5.74, 6) is -0.0487. The number of carbonyl (C=O) groups excluding carboxylic acids is 1. The van der Waals surface area contributed by atoms with Crippen LogP contribution in [-0.4, -0.2) is 31.4 Å². The highest BCUT2D eigenvalue weighted by Gasteiger charge is 2.15. The molecule has 0 fully saturated rings. The smallest absolute Gasteiger partial charge is 0.251 e. The monoisotopic (exact) mass is 344 g/mol. The zero-order chi connectivity index (χ0) is 18.4. The van der Waals surface area contributed by atoms with Gasteiger partial charge in [-0.25, -0.2) is 0 Å². The predicted octanol–water partition coefficient (Wildman–Crippen LogP) is 4.39. The summed E-state index contributed by atoms with van der Waals surface area (Å²) in [5, 5.41) is 3.06. The van der Waals surface area contributed by atoms with E-state index < -0.39 is 0 Å². The van der Waals surface area contributed by atoms with Gasteiger partial charge in [0.2, 0.25) is 0 Å². The quantitative estimate of drug-likeness (QED) is 0.719. The molecule has 3 aromatic rings. The maximum Gasteiger partial charge on any atom is 0.251 e. The van der Waals surface area contributed by atoms with Crippen LogP contribution in [0.1, 0.15) is 22.0 Å². The third-order valence-corrected chi connectivity index (χ3v) is 4.52. The Morgan fingerprint density at radius 3 is 1.92 bits per heavy atom. The van der Waals surface area contributed by atoms with Crippen LogP contribution in [0.25, 0.3) is 11.1 Å². The van der Waals surface area contributed by atoms with Crippen LogP contribution in [0.2, 0.25) is 0 Å². The Hall–Kier alpha value is -2.91. The third kappa shape index (κ3) is 4.38. The lowest BCUT2D eigenvalue weighted by Crippen LogP contribution is -2.34. The first-order valence-corrected chi connectivity index (χ1v) is 8.80. The lowest BCUT2D eigenvalue weighted by Gasteiger charge is -2.25. The van der Waals surface area contributed by atoms with E-state index in [9.17, 15) is 4.79 Å². The molecule has 0 aromatic heterocycles. The van der Waals surface area contributed by atoms with E-state index in [-0.39, 0.29) is 11.9 Å². The SMILES string of the molecule is CN(C)[C@H](CNC(=O)c1ccc(-c2ccccc2)cc1)c1ccccc1. The maximum atomic E-state index is 12.5. The van der Waals surface area contributed by atoms with E-state index in [1.165, 1.54) is 5.56 Å². The molecule has 132 valence electrons. The molecule has 0 radical (unpaired) electrons.